The van der Waals surface area contributed by atoms with Gasteiger partial charge in [0.1, 0.15) is 40.6 Å². The molecule has 0 aliphatic carbocycles. The van der Waals surface area contributed by atoms with Crippen LogP contribution in [0.3, 0.4) is 0 Å². The maximum atomic E-state index is 13.6. The second-order valence-corrected chi connectivity index (χ2v) is 10.1. The van der Waals surface area contributed by atoms with Crippen LogP contribution in [0.1, 0.15) is 48.4 Å². The third-order valence-electron chi connectivity index (χ3n) is 7.25. The van der Waals surface area contributed by atoms with Gasteiger partial charge in [-0.1, -0.05) is 0 Å². The van der Waals surface area contributed by atoms with Crippen LogP contribution in [-0.2, 0) is 15.8 Å². The number of rotatable bonds is 8. The monoisotopic (exact) mass is 517 g/mol. The standard InChI is InChI=1S/C29H28FN3O5/c1-28(27(31)35)15-38-26-20(28)14-24(33-25(26)16-4-6-18(30)7-5-16)29(2,36)11-10-23(34)22-13-17-12-19(37-3)8-9-21(17)32-22/h4-9,12-14,32,36H,10-11,15H2,1-3H3,(H2,31,35)/t28-,29-/m0/s1. The molecule has 0 unspecified atom stereocenters. The highest BCUT2D eigenvalue weighted by atomic mass is 19.1. The molecule has 4 aromatic rings. The van der Waals surface area contributed by atoms with Crippen LogP contribution in [0.15, 0.2) is 54.6 Å². The minimum Gasteiger partial charge on any atom is -0.497 e. The van der Waals surface area contributed by atoms with Gasteiger partial charge in [-0.15, -0.1) is 0 Å². The number of aromatic amines is 1. The van der Waals surface area contributed by atoms with Gasteiger partial charge in [-0.2, -0.15) is 0 Å². The summed E-state index contributed by atoms with van der Waals surface area (Å²) < 4.78 is 24.7. The molecule has 38 heavy (non-hydrogen) atoms. The summed E-state index contributed by atoms with van der Waals surface area (Å²) in [6, 6.07) is 14.5. The maximum Gasteiger partial charge on any atom is 0.231 e. The van der Waals surface area contributed by atoms with E-state index in [1.165, 1.54) is 12.1 Å². The number of aliphatic hydroxyl groups is 1. The highest BCUT2D eigenvalue weighted by molar-refractivity contribution is 5.99. The Morgan fingerprint density at radius 1 is 1.21 bits per heavy atom. The van der Waals surface area contributed by atoms with Crippen molar-refractivity contribution in [2.24, 2.45) is 5.73 Å². The number of hydrogen-bond donors (Lipinski definition) is 3. The summed E-state index contributed by atoms with van der Waals surface area (Å²) in [5, 5.41) is 12.3. The number of ketones is 1. The lowest BCUT2D eigenvalue weighted by atomic mass is 9.81. The molecule has 0 spiro atoms. The third kappa shape index (κ3) is 4.39. The van der Waals surface area contributed by atoms with Gasteiger partial charge in [0.15, 0.2) is 5.78 Å². The fourth-order valence-electron chi connectivity index (χ4n) is 4.67. The molecule has 1 aliphatic rings. The molecule has 2 atom stereocenters. The minimum absolute atomic E-state index is 0.0167. The van der Waals surface area contributed by atoms with Gasteiger partial charge in [-0.05, 0) is 74.9 Å². The van der Waals surface area contributed by atoms with Gasteiger partial charge in [-0.3, -0.25) is 9.59 Å². The van der Waals surface area contributed by atoms with Crippen LogP contribution < -0.4 is 15.2 Å². The fraction of sp³-hybridized carbons (Fsp3) is 0.276. The zero-order valence-corrected chi connectivity index (χ0v) is 21.3. The largest absolute Gasteiger partial charge is 0.497 e. The molecule has 0 saturated heterocycles. The van der Waals surface area contributed by atoms with E-state index in [1.54, 1.807) is 51.3 Å². The van der Waals surface area contributed by atoms with E-state index >= 15 is 0 Å². The van der Waals surface area contributed by atoms with E-state index in [4.69, 9.17) is 15.2 Å². The Morgan fingerprint density at radius 2 is 1.95 bits per heavy atom. The van der Waals surface area contributed by atoms with Crippen LogP contribution in [0, 0.1) is 5.82 Å². The number of methoxy groups -OCH3 is 1. The van der Waals surface area contributed by atoms with E-state index in [0.717, 1.165) is 10.9 Å². The Balaban J connectivity index is 1.47. The molecule has 0 saturated carbocycles. The number of carbonyl (C=O) groups excluding carboxylic acids is 2. The van der Waals surface area contributed by atoms with Gasteiger partial charge in [0.2, 0.25) is 5.91 Å². The molecule has 0 radical (unpaired) electrons. The Morgan fingerprint density at radius 3 is 2.63 bits per heavy atom. The van der Waals surface area contributed by atoms with E-state index in [1.807, 2.05) is 12.1 Å². The molecule has 4 N–H and O–H groups in total. The SMILES string of the molecule is COc1ccc2[nH]c(C(=O)CC[C@](C)(O)c3cc4c(c(-c5ccc(F)cc5)n3)OC[C@]4(C)C(N)=O)cc2c1. The number of pyridine rings is 1. The summed E-state index contributed by atoms with van der Waals surface area (Å²) in [5.41, 5.74) is 5.93. The number of hydrogen-bond acceptors (Lipinski definition) is 6. The van der Waals surface area contributed by atoms with Gasteiger partial charge in [0.25, 0.3) is 0 Å². The average molecular weight is 518 g/mol. The molecule has 8 nitrogen and oxygen atoms in total. The summed E-state index contributed by atoms with van der Waals surface area (Å²) in [4.78, 5) is 33.2. The molecule has 5 rings (SSSR count). The summed E-state index contributed by atoms with van der Waals surface area (Å²) >= 11 is 0. The number of ether oxygens (including phenoxy) is 2. The zero-order chi connectivity index (χ0) is 27.2. The van der Waals surface area contributed by atoms with Crippen molar-refractivity contribution < 1.29 is 28.6 Å². The van der Waals surface area contributed by atoms with Gasteiger partial charge in [-0.25, -0.2) is 9.37 Å². The normalized spacial score (nSPS) is 18.0. The minimum atomic E-state index is -1.53. The van der Waals surface area contributed by atoms with Crippen LogP contribution in [0.5, 0.6) is 11.5 Å². The molecule has 1 aliphatic heterocycles. The molecule has 9 heteroatoms. The van der Waals surface area contributed by atoms with Gasteiger partial charge >= 0.3 is 0 Å². The molecule has 2 aromatic heterocycles. The Labute approximate surface area is 218 Å². The fourth-order valence-corrected chi connectivity index (χ4v) is 4.67. The number of primary amides is 1. The molecular formula is C29H28FN3O5. The first-order valence-electron chi connectivity index (χ1n) is 12.2. The first-order valence-corrected chi connectivity index (χ1v) is 12.2. The zero-order valence-electron chi connectivity index (χ0n) is 21.3. The lowest BCUT2D eigenvalue weighted by molar-refractivity contribution is -0.123. The predicted octanol–water partition coefficient (Wildman–Crippen LogP) is 4.38. The van der Waals surface area contributed by atoms with Crippen LogP contribution in [0.4, 0.5) is 4.39 Å². The molecule has 2 aromatic carbocycles. The number of halogens is 1. The number of nitrogens with two attached hydrogens (primary N) is 1. The summed E-state index contributed by atoms with van der Waals surface area (Å²) in [7, 11) is 1.58. The molecule has 0 fully saturated rings. The smallest absolute Gasteiger partial charge is 0.231 e. The third-order valence-corrected chi connectivity index (χ3v) is 7.25. The second kappa shape index (κ2) is 9.25. The van der Waals surface area contributed by atoms with Crippen LogP contribution in [0.25, 0.3) is 22.2 Å². The van der Waals surface area contributed by atoms with Crippen molar-refractivity contribution in [2.75, 3.05) is 13.7 Å². The number of Topliss-reactive ketones (excluding diaryl/α,β-unsaturated/α-hetero) is 1. The van der Waals surface area contributed by atoms with Crippen LogP contribution in [-0.4, -0.2) is 40.5 Å². The van der Waals surface area contributed by atoms with E-state index in [9.17, 15) is 19.1 Å². The van der Waals surface area contributed by atoms with Gasteiger partial charge in [0.05, 0.1) is 18.5 Å². The number of H-pyrrole nitrogens is 1. The van der Waals surface area contributed by atoms with Crippen LogP contribution in [0.2, 0.25) is 0 Å². The first-order chi connectivity index (χ1) is 18.0. The predicted molar refractivity (Wildman–Crippen MR) is 140 cm³/mol. The summed E-state index contributed by atoms with van der Waals surface area (Å²) in [5.74, 6) is -0.119. The first kappa shape index (κ1) is 25.4. The molecule has 0 bridgehead atoms. The van der Waals surface area contributed by atoms with Crippen molar-refractivity contribution in [3.8, 4) is 22.8 Å². The molecule has 196 valence electrons. The summed E-state index contributed by atoms with van der Waals surface area (Å²) in [6.45, 7) is 3.25. The second-order valence-electron chi connectivity index (χ2n) is 10.1. The number of nitrogens with zero attached hydrogens (tertiary/aromatic N) is 1. The Kier molecular flexibility index (Phi) is 6.19. The molecule has 1 amide bonds. The van der Waals surface area contributed by atoms with Gasteiger partial charge in [0, 0.05) is 28.5 Å². The quantitative estimate of drug-likeness (QED) is 0.298. The highest BCUT2D eigenvalue weighted by Gasteiger charge is 2.45. The van der Waals surface area contributed by atoms with Crippen molar-refractivity contribution in [1.29, 1.82) is 0 Å². The highest BCUT2D eigenvalue weighted by Crippen LogP contribution is 2.46. The number of nitrogens with one attached hydrogen (secondary N) is 1. The number of benzene rings is 2. The van der Waals surface area contributed by atoms with Crippen molar-refractivity contribution in [3.05, 3.63) is 77.4 Å². The number of aromatic nitrogens is 2. The molecular weight excluding hydrogens is 489 g/mol. The summed E-state index contributed by atoms with van der Waals surface area (Å²) in [6.07, 6.45) is 0.0957. The van der Waals surface area contributed by atoms with E-state index in [0.29, 0.717) is 34.0 Å². The Hall–Kier alpha value is -4.24. The van der Waals surface area contributed by atoms with E-state index < -0.39 is 22.7 Å². The topological polar surface area (TPSA) is 128 Å². The Bertz CT molecular complexity index is 1560. The van der Waals surface area contributed by atoms with E-state index in [-0.39, 0.29) is 30.9 Å². The van der Waals surface area contributed by atoms with Gasteiger partial charge < -0.3 is 25.3 Å². The van der Waals surface area contributed by atoms with Crippen molar-refractivity contribution in [3.63, 3.8) is 0 Å². The van der Waals surface area contributed by atoms with E-state index in [2.05, 4.69) is 9.97 Å². The number of carbonyl (C=O) groups is 2. The lowest BCUT2D eigenvalue weighted by Crippen LogP contribution is -2.40. The lowest BCUT2D eigenvalue weighted by Gasteiger charge is -2.25. The number of fused-ring (bicyclic) bond motifs is 2. The van der Waals surface area contributed by atoms with Crippen molar-refractivity contribution >= 4 is 22.6 Å². The molecule has 3 heterocycles. The average Bonchev–Trinajstić information content (AvgIpc) is 3.49. The number of amides is 1. The van der Waals surface area contributed by atoms with Crippen LogP contribution >= 0.6 is 0 Å². The van der Waals surface area contributed by atoms with Crippen molar-refractivity contribution in [2.45, 2.75) is 37.7 Å². The van der Waals surface area contributed by atoms with Crippen molar-refractivity contribution in [1.82, 2.24) is 9.97 Å². The maximum absolute atomic E-state index is 13.6.